The average Bonchev–Trinajstić information content (AvgIpc) is 3.06. The van der Waals surface area contributed by atoms with Gasteiger partial charge in [-0.05, 0) is 97.4 Å². The Morgan fingerprint density at radius 1 is 1.12 bits per heavy atom. The van der Waals surface area contributed by atoms with Crippen molar-refractivity contribution in [3.05, 3.63) is 12.3 Å². The summed E-state index contributed by atoms with van der Waals surface area (Å²) in [4.78, 5) is 15.9. The number of carbonyl (C=O) groups is 1. The molecule has 0 radical (unpaired) electrons. The van der Waals surface area contributed by atoms with Crippen molar-refractivity contribution in [3.63, 3.8) is 0 Å². The molecule has 4 aliphatic carbocycles. The zero-order valence-corrected chi connectivity index (χ0v) is 20.4. The van der Waals surface area contributed by atoms with Crippen molar-refractivity contribution in [2.75, 3.05) is 0 Å². The highest BCUT2D eigenvalue weighted by Crippen LogP contribution is 2.69. The highest BCUT2D eigenvalue weighted by atomic mass is 16.3. The van der Waals surface area contributed by atoms with E-state index in [0.29, 0.717) is 24.7 Å². The molecule has 184 valence electrons. The van der Waals surface area contributed by atoms with Gasteiger partial charge < -0.3 is 21.1 Å². The molecule has 1 heterocycles. The monoisotopic (exact) mass is 458 g/mol. The number of primary amides is 1. The van der Waals surface area contributed by atoms with Gasteiger partial charge in [0.05, 0.1) is 18.3 Å². The maximum Gasteiger partial charge on any atom is 0.217 e. The maximum atomic E-state index is 11.7. The normalized spacial score (nSPS) is 51.6. The van der Waals surface area contributed by atoms with Gasteiger partial charge in [-0.3, -0.25) is 9.79 Å². The van der Waals surface area contributed by atoms with Crippen LogP contribution in [-0.4, -0.2) is 45.3 Å². The molecule has 5 aliphatic rings. The summed E-state index contributed by atoms with van der Waals surface area (Å²) in [6.07, 6.45) is 8.83. The largest absolute Gasteiger partial charge is 0.393 e. The molecule has 5 N–H and O–H groups in total. The van der Waals surface area contributed by atoms with Gasteiger partial charge in [-0.25, -0.2) is 0 Å². The molecule has 0 spiro atoms. The third-order valence-corrected chi connectivity index (χ3v) is 11.3. The zero-order valence-electron chi connectivity index (χ0n) is 20.4. The molecule has 33 heavy (non-hydrogen) atoms. The van der Waals surface area contributed by atoms with E-state index in [1.807, 2.05) is 6.20 Å². The number of nitrogens with zero attached hydrogens (tertiary/aromatic N) is 1. The van der Waals surface area contributed by atoms with Crippen molar-refractivity contribution in [2.45, 2.75) is 90.4 Å². The van der Waals surface area contributed by atoms with E-state index in [4.69, 9.17) is 5.73 Å². The summed E-state index contributed by atoms with van der Waals surface area (Å²) in [5.74, 6) is 1.45. The van der Waals surface area contributed by atoms with E-state index >= 15 is 0 Å². The summed E-state index contributed by atoms with van der Waals surface area (Å²) in [6.45, 7) is 6.82. The van der Waals surface area contributed by atoms with Crippen LogP contribution in [0.15, 0.2) is 17.3 Å². The third kappa shape index (κ3) is 3.38. The fourth-order valence-corrected chi connectivity index (χ4v) is 9.62. The molecule has 12 atom stereocenters. The van der Waals surface area contributed by atoms with Gasteiger partial charge in [-0.1, -0.05) is 20.8 Å². The molecule has 0 aromatic carbocycles. The second-order valence-corrected chi connectivity index (χ2v) is 12.5. The van der Waals surface area contributed by atoms with Crippen molar-refractivity contribution in [3.8, 4) is 0 Å². The zero-order chi connectivity index (χ0) is 23.7. The Balaban J connectivity index is 1.47. The maximum absolute atomic E-state index is 11.7. The van der Waals surface area contributed by atoms with Gasteiger partial charge in [0, 0.05) is 24.3 Å². The summed E-state index contributed by atoms with van der Waals surface area (Å²) >= 11 is 0. The van der Waals surface area contributed by atoms with Crippen LogP contribution in [0, 0.1) is 52.3 Å². The topological polar surface area (TPSA) is 116 Å². The van der Waals surface area contributed by atoms with Crippen LogP contribution < -0.4 is 5.73 Å². The third-order valence-electron chi connectivity index (χ3n) is 11.3. The molecule has 5 rings (SSSR count). The quantitative estimate of drug-likeness (QED) is 0.507. The molecule has 6 nitrogen and oxygen atoms in total. The second-order valence-electron chi connectivity index (χ2n) is 12.5. The number of amides is 1. The van der Waals surface area contributed by atoms with Gasteiger partial charge in [0.1, 0.15) is 0 Å². The predicted octanol–water partition coefficient (Wildman–Crippen LogP) is 3.04. The van der Waals surface area contributed by atoms with Crippen molar-refractivity contribution in [1.82, 2.24) is 0 Å². The van der Waals surface area contributed by atoms with Crippen LogP contribution >= 0.6 is 0 Å². The molecular formula is C27H42N2O4. The van der Waals surface area contributed by atoms with E-state index in [0.717, 1.165) is 44.2 Å². The second kappa shape index (κ2) is 8.17. The summed E-state index contributed by atoms with van der Waals surface area (Å²) in [5.41, 5.74) is 6.18. The summed E-state index contributed by atoms with van der Waals surface area (Å²) < 4.78 is 0. The minimum atomic E-state index is -0.429. The Bertz CT molecular complexity index is 857. The first-order valence-corrected chi connectivity index (χ1v) is 13.1. The molecule has 0 aromatic rings. The van der Waals surface area contributed by atoms with Crippen molar-refractivity contribution < 1.29 is 20.1 Å². The molecule has 0 bridgehead atoms. The lowest BCUT2D eigenvalue weighted by Gasteiger charge is -2.65. The number of aliphatic imine (C=N–C) groups is 1. The van der Waals surface area contributed by atoms with Gasteiger partial charge in [-0.15, -0.1) is 0 Å². The van der Waals surface area contributed by atoms with E-state index in [1.165, 1.54) is 0 Å². The molecule has 6 heteroatoms. The lowest BCUT2D eigenvalue weighted by Crippen LogP contribution is -2.65. The van der Waals surface area contributed by atoms with Crippen LogP contribution in [-0.2, 0) is 4.79 Å². The van der Waals surface area contributed by atoms with Crippen LogP contribution in [0.4, 0.5) is 0 Å². The fourth-order valence-electron chi connectivity index (χ4n) is 9.62. The lowest BCUT2D eigenvalue weighted by molar-refractivity contribution is -0.214. The van der Waals surface area contributed by atoms with E-state index in [1.54, 1.807) is 0 Å². The number of aliphatic hydroxyl groups is 3. The van der Waals surface area contributed by atoms with E-state index in [-0.39, 0.29) is 52.4 Å². The van der Waals surface area contributed by atoms with Crippen molar-refractivity contribution >= 4 is 11.6 Å². The van der Waals surface area contributed by atoms with Crippen LogP contribution in [0.5, 0.6) is 0 Å². The first-order valence-electron chi connectivity index (χ1n) is 13.1. The molecular weight excluding hydrogens is 416 g/mol. The molecule has 12 unspecified atom stereocenters. The first kappa shape index (κ1) is 23.5. The van der Waals surface area contributed by atoms with Crippen molar-refractivity contribution in [1.29, 1.82) is 0 Å². The number of fused-ring (bicyclic) bond motifs is 5. The Hall–Kier alpha value is -1.24. The Morgan fingerprint density at radius 2 is 1.85 bits per heavy atom. The van der Waals surface area contributed by atoms with Crippen LogP contribution in [0.25, 0.3) is 0 Å². The number of hydrogen-bond acceptors (Lipinski definition) is 5. The number of rotatable bonds is 5. The van der Waals surface area contributed by atoms with Crippen LogP contribution in [0.2, 0.25) is 0 Å². The number of nitrogens with two attached hydrogens (primary N) is 1. The lowest BCUT2D eigenvalue weighted by atomic mass is 9.40. The SMILES string of the molecule is CC(CCC(N)=O)C1CCC2C3C(O)CC4CC(O)CC(C5=NC=C5)C4(C)C3CC(O)C12C. The molecule has 4 fully saturated rings. The average molecular weight is 459 g/mol. The standard InChI is InChI=1S/C27H42N2O4/c1-14(4-7-24(28)33)17-5-6-18-25-20(13-23(32)27(17,18)3)26(2)15(11-22(25)31)10-16(30)12-19(26)21-8-9-29-21/h8-9,14-20,22-23,25,30-32H,4-7,10-13H2,1-3H3,(H2,28,33). The fraction of sp³-hybridized carbons (Fsp3) is 0.852. The Labute approximate surface area is 197 Å². The Kier molecular flexibility index (Phi) is 5.81. The van der Waals surface area contributed by atoms with Gasteiger partial charge in [0.15, 0.2) is 0 Å². The number of hydrogen-bond donors (Lipinski definition) is 4. The molecule has 1 amide bonds. The Morgan fingerprint density at radius 3 is 2.48 bits per heavy atom. The predicted molar refractivity (Wildman–Crippen MR) is 127 cm³/mol. The van der Waals surface area contributed by atoms with E-state index in [2.05, 4.69) is 31.8 Å². The number of allylic oxidation sites excluding steroid dienone is 1. The number of carbonyl (C=O) groups excluding carboxylic acids is 1. The van der Waals surface area contributed by atoms with Crippen molar-refractivity contribution in [2.24, 2.45) is 63.0 Å². The molecule has 4 saturated carbocycles. The van der Waals surface area contributed by atoms with Gasteiger partial charge in [0.25, 0.3) is 0 Å². The van der Waals surface area contributed by atoms with Crippen LogP contribution in [0.1, 0.15) is 72.1 Å². The van der Waals surface area contributed by atoms with Gasteiger partial charge in [-0.2, -0.15) is 0 Å². The highest BCUT2D eigenvalue weighted by Gasteiger charge is 2.67. The minimum absolute atomic E-state index is 0.0787. The van der Waals surface area contributed by atoms with Gasteiger partial charge >= 0.3 is 0 Å². The number of aliphatic hydroxyl groups excluding tert-OH is 3. The summed E-state index contributed by atoms with van der Waals surface area (Å²) in [6, 6.07) is 0. The first-order chi connectivity index (χ1) is 15.6. The van der Waals surface area contributed by atoms with Gasteiger partial charge in [0.2, 0.25) is 5.91 Å². The smallest absolute Gasteiger partial charge is 0.217 e. The molecule has 0 aromatic heterocycles. The summed E-state index contributed by atoms with van der Waals surface area (Å²) in [5, 5.41) is 33.9. The minimum Gasteiger partial charge on any atom is -0.393 e. The molecule has 1 aliphatic heterocycles. The van der Waals surface area contributed by atoms with Crippen LogP contribution in [0.3, 0.4) is 0 Å². The summed E-state index contributed by atoms with van der Waals surface area (Å²) in [7, 11) is 0. The molecule has 0 saturated heterocycles. The van der Waals surface area contributed by atoms with E-state index in [9.17, 15) is 20.1 Å². The van der Waals surface area contributed by atoms with E-state index < -0.39 is 12.2 Å². The highest BCUT2D eigenvalue weighted by molar-refractivity contribution is 6.01.